The predicted molar refractivity (Wildman–Crippen MR) is 204 cm³/mol. The third-order valence-corrected chi connectivity index (χ3v) is 14.4. The van der Waals surface area contributed by atoms with Crippen LogP contribution >= 0.6 is 35.2 Å². The maximum atomic E-state index is 12.9. The first kappa shape index (κ1) is 45.7. The summed E-state index contributed by atoms with van der Waals surface area (Å²) in [6.45, 7) is -0.467. The number of amides is 4. The molecule has 8 atom stereocenters. The summed E-state index contributed by atoms with van der Waals surface area (Å²) in [5.41, 5.74) is 5.27. The van der Waals surface area contributed by atoms with Gasteiger partial charge in [0.1, 0.15) is 12.3 Å². The van der Waals surface area contributed by atoms with Gasteiger partial charge in [0.05, 0.1) is 42.3 Å². The first-order valence-electron chi connectivity index (χ1n) is 18.0. The van der Waals surface area contributed by atoms with Gasteiger partial charge in [0.25, 0.3) is 5.56 Å². The summed E-state index contributed by atoms with van der Waals surface area (Å²) in [7, 11) is -16.9. The van der Waals surface area contributed by atoms with Crippen LogP contribution < -0.4 is 32.6 Å². The number of carbonyl (C=O) groups is 3. The number of nitrogen functional groups attached to an aromatic ring is 1. The second-order valence-electron chi connectivity index (χ2n) is 13.5. The number of carbonyl (C=O) groups excluding carboxylic acids is 3. The maximum Gasteiger partial charge on any atom is 0.490 e. The van der Waals surface area contributed by atoms with Gasteiger partial charge in [-0.2, -0.15) is 25.4 Å². The van der Waals surface area contributed by atoms with Gasteiger partial charge in [0, 0.05) is 43.0 Å². The van der Waals surface area contributed by atoms with Gasteiger partial charge in [-0.25, -0.2) is 18.5 Å². The van der Waals surface area contributed by atoms with Crippen molar-refractivity contribution in [2.75, 3.05) is 31.2 Å². The molecule has 5 unspecified atom stereocenters. The smallest absolute Gasteiger partial charge is 0.390 e. The third kappa shape index (κ3) is 13.3. The number of rotatable bonds is 20. The fraction of sp³-hybridized carbons (Fsp3) is 0.633. The fourth-order valence-electron chi connectivity index (χ4n) is 6.54. The molecule has 2 aromatic rings. The Kier molecular flexibility index (Phi) is 15.6. The zero-order valence-electron chi connectivity index (χ0n) is 30.7. The lowest BCUT2D eigenvalue weighted by Crippen LogP contribution is -2.36. The summed E-state index contributed by atoms with van der Waals surface area (Å²) < 4.78 is 53.5. The molecule has 0 aliphatic carbocycles. The number of aromatic nitrogens is 3. The monoisotopic (exact) mass is 898 g/mol. The number of aliphatic hydroxyl groups excluding tert-OH is 1. The number of hydrogen-bond donors (Lipinski definition) is 11. The number of urea groups is 1. The largest absolute Gasteiger partial charge is 0.490 e. The van der Waals surface area contributed by atoms with E-state index in [4.69, 9.17) is 20.3 Å². The Morgan fingerprint density at radius 2 is 1.74 bits per heavy atom. The summed E-state index contributed by atoms with van der Waals surface area (Å²) >= 11 is 1.85. The molecule has 3 aliphatic heterocycles. The molecule has 0 bridgehead atoms. The van der Waals surface area contributed by atoms with Crippen LogP contribution in [0.2, 0.25) is 0 Å². The van der Waals surface area contributed by atoms with E-state index >= 15 is 0 Å². The molecule has 3 saturated heterocycles. The predicted octanol–water partition coefficient (Wildman–Crippen LogP) is 0.169. The average Bonchev–Trinajstić information content (AvgIpc) is 3.86. The number of aromatic amines is 1. The highest BCUT2D eigenvalue weighted by atomic mass is 32.2. The number of unbranched alkanes of at least 4 members (excludes halogenated alkanes) is 3. The van der Waals surface area contributed by atoms with Crippen LogP contribution in [-0.2, 0) is 41.2 Å². The Morgan fingerprint density at radius 3 is 2.48 bits per heavy atom. The molecule has 0 saturated carbocycles. The fourth-order valence-corrected chi connectivity index (χ4v) is 11.1. The number of nitrogens with one attached hydrogen (secondary N) is 5. The van der Waals surface area contributed by atoms with Crippen molar-refractivity contribution in [3.05, 3.63) is 22.1 Å². The normalized spacial score (nSPS) is 24.9. The first-order chi connectivity index (χ1) is 27.3. The van der Waals surface area contributed by atoms with E-state index in [1.165, 1.54) is 10.8 Å². The van der Waals surface area contributed by atoms with Crippen LogP contribution in [-0.4, -0.2) is 112 Å². The molecule has 2 aromatic heterocycles. The van der Waals surface area contributed by atoms with Gasteiger partial charge in [-0.05, 0) is 25.7 Å². The first-order valence-corrected chi connectivity index (χ1v) is 23.6. The van der Waals surface area contributed by atoms with Crippen molar-refractivity contribution < 1.29 is 70.6 Å². The zero-order chi connectivity index (χ0) is 42.3. The molecule has 0 spiro atoms. The molecule has 322 valence electrons. The Balaban J connectivity index is 1.02. The lowest BCUT2D eigenvalue weighted by Gasteiger charge is -2.19. The van der Waals surface area contributed by atoms with Crippen molar-refractivity contribution in [2.24, 2.45) is 0 Å². The number of thioether (sulfide) groups is 1. The Hall–Kier alpha value is -3.33. The lowest BCUT2D eigenvalue weighted by molar-refractivity contribution is -0.122. The van der Waals surface area contributed by atoms with Crippen molar-refractivity contribution in [3.8, 4) is 11.8 Å². The van der Waals surface area contributed by atoms with Crippen LogP contribution in [0.4, 0.5) is 10.7 Å². The molecule has 24 nitrogen and oxygen atoms in total. The Morgan fingerprint density at radius 1 is 1.02 bits per heavy atom. The van der Waals surface area contributed by atoms with E-state index in [9.17, 15) is 47.8 Å². The van der Waals surface area contributed by atoms with E-state index < -0.39 is 54.1 Å². The summed E-state index contributed by atoms with van der Waals surface area (Å²) in [4.78, 5) is 91.9. The quantitative estimate of drug-likeness (QED) is 0.0365. The van der Waals surface area contributed by atoms with Gasteiger partial charge in [-0.15, -0.1) is 0 Å². The Labute approximate surface area is 334 Å². The third-order valence-electron chi connectivity index (χ3n) is 9.11. The van der Waals surface area contributed by atoms with Crippen LogP contribution in [0, 0.1) is 11.8 Å². The minimum atomic E-state index is -5.76. The Bertz CT molecular complexity index is 2110. The number of phosphoric acid groups is 3. The number of ether oxygens (including phenoxy) is 1. The van der Waals surface area contributed by atoms with Crippen molar-refractivity contribution in [1.29, 1.82) is 0 Å². The molecular weight excluding hydrogens is 853 g/mol. The van der Waals surface area contributed by atoms with Crippen LogP contribution in [0.15, 0.2) is 11.0 Å². The van der Waals surface area contributed by atoms with E-state index in [1.54, 1.807) is 0 Å². The zero-order valence-corrected chi connectivity index (χ0v) is 34.2. The van der Waals surface area contributed by atoms with Gasteiger partial charge >= 0.3 is 29.5 Å². The molecule has 4 amide bonds. The number of anilines is 1. The average molecular weight is 899 g/mol. The van der Waals surface area contributed by atoms with Gasteiger partial charge in [0.15, 0.2) is 5.65 Å². The number of nitrogens with two attached hydrogens (primary N) is 1. The van der Waals surface area contributed by atoms with Crippen molar-refractivity contribution in [3.63, 3.8) is 0 Å². The number of H-pyrrole nitrogens is 1. The van der Waals surface area contributed by atoms with Crippen LogP contribution in [0.3, 0.4) is 0 Å². The van der Waals surface area contributed by atoms with Gasteiger partial charge < -0.3 is 61.0 Å². The van der Waals surface area contributed by atoms with Crippen molar-refractivity contribution in [1.82, 2.24) is 35.8 Å². The topological polar surface area (TPSA) is 365 Å². The van der Waals surface area contributed by atoms with Crippen molar-refractivity contribution >= 4 is 70.1 Å². The van der Waals surface area contributed by atoms with Gasteiger partial charge in [-0.1, -0.05) is 24.7 Å². The number of phosphoric ester groups is 1. The molecule has 0 radical (unpaired) electrons. The molecule has 5 heterocycles. The number of nitrogens with zero attached hydrogens (tertiary/aromatic N) is 2. The van der Waals surface area contributed by atoms with Gasteiger partial charge in [0.2, 0.25) is 17.8 Å². The highest BCUT2D eigenvalue weighted by molar-refractivity contribution is 8.00. The van der Waals surface area contributed by atoms with E-state index in [1.807, 2.05) is 11.8 Å². The minimum Gasteiger partial charge on any atom is -0.390 e. The number of hydrogen-bond acceptors (Lipinski definition) is 15. The van der Waals surface area contributed by atoms with Crippen LogP contribution in [0.25, 0.3) is 11.0 Å². The second kappa shape index (κ2) is 19.8. The van der Waals surface area contributed by atoms with E-state index in [2.05, 4.69) is 56.2 Å². The van der Waals surface area contributed by atoms with Gasteiger partial charge in [-0.3, -0.25) is 23.9 Å². The molecular formula is C30H45N8O16P3S. The summed E-state index contributed by atoms with van der Waals surface area (Å²) in [5, 5.41) is 22.4. The standard InChI is InChI=1S/C30H45N8O16P3S/c31-29-36-27-25(28(42)37-29)17(14-38(27)24-13-19(39)20(52-24)15-51-56(47,48)54-57(49,50)53-55(44,45)46)7-6-12-33-22(40)9-2-1-5-11-32-23(41)10-4-3-8-21-26-18(16-58-21)34-30(43)35-26/h14,18-21,24,26,39H,1-5,8-13,15-16H2,(H,32,41)(H,33,40)(H,47,48)(H,49,50)(H2,34,35,43)(H2,44,45,46)(H3,31,36,37,42)/t18?,19-,20-,21?,24-,26?/m1/s1. The number of fused-ring (bicyclic) bond motifs is 2. The van der Waals surface area contributed by atoms with Crippen LogP contribution in [0.1, 0.15) is 69.6 Å². The molecule has 58 heavy (non-hydrogen) atoms. The van der Waals surface area contributed by atoms with Crippen molar-refractivity contribution in [2.45, 2.75) is 93.6 Å². The SMILES string of the molecule is Nc1nc2c(c(C#CCNC(=O)CCCCCNC(=O)CCCCC3SCC4NC(=O)NC43)cn2[C@H]2C[C@@H](O)[C@@H](COP(=O)(O)OP(=O)(O)OP(=O)(O)O)O2)c(=O)[nH]1. The molecule has 12 N–H and O–H groups in total. The van der Waals surface area contributed by atoms with E-state index in [0.29, 0.717) is 31.1 Å². The summed E-state index contributed by atoms with van der Waals surface area (Å²) in [5.74, 6) is 5.95. The summed E-state index contributed by atoms with van der Waals surface area (Å²) in [6, 6.07) is 0.235. The maximum absolute atomic E-state index is 12.9. The highest BCUT2D eigenvalue weighted by Gasteiger charge is 2.44. The number of aliphatic hydroxyl groups is 1. The highest BCUT2D eigenvalue weighted by Crippen LogP contribution is 2.66. The molecule has 3 aliphatic rings. The molecule has 28 heteroatoms. The lowest BCUT2D eigenvalue weighted by atomic mass is 10.0. The second-order valence-corrected chi connectivity index (χ2v) is 19.2. The minimum absolute atomic E-state index is 0.00670. The molecule has 5 rings (SSSR count). The molecule has 0 aromatic carbocycles. The summed E-state index contributed by atoms with van der Waals surface area (Å²) in [6.07, 6.45) is 2.72. The van der Waals surface area contributed by atoms with Crippen LogP contribution in [0.5, 0.6) is 0 Å². The van der Waals surface area contributed by atoms with E-state index in [0.717, 1.165) is 31.4 Å². The van der Waals surface area contributed by atoms with E-state index in [-0.39, 0.29) is 71.9 Å². The molecule has 3 fully saturated rings.